The predicted molar refractivity (Wildman–Crippen MR) is 68.6 cm³/mol. The van der Waals surface area contributed by atoms with Crippen LogP contribution in [0.4, 0.5) is 0 Å². The average molecular weight is 231 g/mol. The number of hydrogen-bond acceptors (Lipinski definition) is 3. The zero-order valence-corrected chi connectivity index (χ0v) is 11.3. The van der Waals surface area contributed by atoms with Gasteiger partial charge in [-0.25, -0.2) is 0 Å². The summed E-state index contributed by atoms with van der Waals surface area (Å²) in [5.74, 6) is 0.646. The molecule has 3 atom stereocenters. The molecule has 0 aromatic carbocycles. The summed E-state index contributed by atoms with van der Waals surface area (Å²) in [6.07, 6.45) is 6.31. The molecule has 0 aromatic heterocycles. The predicted octanol–water partition coefficient (Wildman–Crippen LogP) is 2.53. The van der Waals surface area contributed by atoms with E-state index in [2.05, 4.69) is 25.4 Å². The third kappa shape index (κ3) is 3.97. The first kappa shape index (κ1) is 13.3. The maximum Gasteiger partial charge on any atom is 0.0618 e. The second-order valence-electron chi connectivity index (χ2n) is 4.78. The Kier molecular flexibility index (Phi) is 6.02. The van der Waals surface area contributed by atoms with E-state index in [9.17, 15) is 0 Å². The van der Waals surface area contributed by atoms with Crippen molar-refractivity contribution in [3.05, 3.63) is 0 Å². The van der Waals surface area contributed by atoms with E-state index >= 15 is 0 Å². The highest BCUT2D eigenvalue weighted by molar-refractivity contribution is 7.99. The number of rotatable bonds is 6. The molecule has 0 radical (unpaired) electrons. The van der Waals surface area contributed by atoms with Crippen LogP contribution in [0.2, 0.25) is 0 Å². The van der Waals surface area contributed by atoms with Crippen LogP contribution >= 0.6 is 11.8 Å². The van der Waals surface area contributed by atoms with Crippen molar-refractivity contribution in [1.29, 1.82) is 0 Å². The number of thioether (sulfide) groups is 1. The Morgan fingerprint density at radius 3 is 2.67 bits per heavy atom. The number of methoxy groups -OCH3 is 1. The highest BCUT2D eigenvalue weighted by atomic mass is 32.2. The Morgan fingerprint density at radius 1 is 1.40 bits per heavy atom. The Labute approximate surface area is 98.5 Å². The maximum atomic E-state index is 5.28. The van der Waals surface area contributed by atoms with Crippen LogP contribution in [0, 0.1) is 5.92 Å². The van der Waals surface area contributed by atoms with Crippen LogP contribution in [0.5, 0.6) is 0 Å². The first-order chi connectivity index (χ1) is 7.19. The molecule has 3 heteroatoms. The number of nitrogens with one attached hydrogen (secondary N) is 1. The molecule has 0 aliphatic heterocycles. The maximum absolute atomic E-state index is 5.28. The lowest BCUT2D eigenvalue weighted by atomic mass is 10.0. The first-order valence-electron chi connectivity index (χ1n) is 5.96. The van der Waals surface area contributed by atoms with Gasteiger partial charge in [0.25, 0.3) is 0 Å². The Bertz CT molecular complexity index is 175. The van der Waals surface area contributed by atoms with Gasteiger partial charge in [-0.2, -0.15) is 11.8 Å². The Balaban J connectivity index is 2.42. The molecule has 0 aromatic rings. The Hall–Kier alpha value is 0.270. The summed E-state index contributed by atoms with van der Waals surface area (Å²) in [5.41, 5.74) is 0. The number of hydrogen-bond donors (Lipinski definition) is 1. The van der Waals surface area contributed by atoms with E-state index in [-0.39, 0.29) is 0 Å². The van der Waals surface area contributed by atoms with E-state index in [0.717, 1.165) is 11.9 Å². The molecule has 1 N–H and O–H groups in total. The van der Waals surface area contributed by atoms with Gasteiger partial charge in [-0.3, -0.25) is 0 Å². The molecular formula is C12H25NOS. The van der Waals surface area contributed by atoms with E-state index in [1.807, 2.05) is 11.8 Å². The van der Waals surface area contributed by atoms with Crippen molar-refractivity contribution in [3.8, 4) is 0 Å². The quantitative estimate of drug-likeness (QED) is 0.759. The molecule has 3 unspecified atom stereocenters. The van der Waals surface area contributed by atoms with Gasteiger partial charge in [0.05, 0.1) is 6.61 Å². The van der Waals surface area contributed by atoms with Crippen LogP contribution in [0.1, 0.15) is 33.1 Å². The molecule has 90 valence electrons. The highest BCUT2D eigenvalue weighted by Gasteiger charge is 2.28. The lowest BCUT2D eigenvalue weighted by Crippen LogP contribution is -2.46. The number of ether oxygens (including phenoxy) is 1. The minimum absolute atomic E-state index is 0.507. The van der Waals surface area contributed by atoms with Crippen molar-refractivity contribution in [2.45, 2.75) is 50.4 Å². The van der Waals surface area contributed by atoms with Crippen molar-refractivity contribution >= 4 is 11.8 Å². The molecular weight excluding hydrogens is 206 g/mol. The van der Waals surface area contributed by atoms with Gasteiger partial charge in [-0.15, -0.1) is 0 Å². The van der Waals surface area contributed by atoms with Crippen LogP contribution in [0.25, 0.3) is 0 Å². The fourth-order valence-electron chi connectivity index (χ4n) is 2.29. The van der Waals surface area contributed by atoms with E-state index in [1.54, 1.807) is 7.11 Å². The molecule has 0 saturated heterocycles. The van der Waals surface area contributed by atoms with Gasteiger partial charge in [0.1, 0.15) is 0 Å². The summed E-state index contributed by atoms with van der Waals surface area (Å²) < 4.78 is 5.28. The summed E-state index contributed by atoms with van der Waals surface area (Å²) in [4.78, 5) is 0. The lowest BCUT2D eigenvalue weighted by molar-refractivity contribution is 0.141. The molecule has 1 rings (SSSR count). The van der Waals surface area contributed by atoms with E-state index < -0.39 is 0 Å². The normalized spacial score (nSPS) is 28.6. The molecule has 0 amide bonds. The van der Waals surface area contributed by atoms with Crippen molar-refractivity contribution < 1.29 is 4.74 Å². The van der Waals surface area contributed by atoms with Crippen molar-refractivity contribution in [3.63, 3.8) is 0 Å². The summed E-state index contributed by atoms with van der Waals surface area (Å²) >= 11 is 2.01. The van der Waals surface area contributed by atoms with Crippen LogP contribution in [-0.2, 0) is 4.74 Å². The van der Waals surface area contributed by atoms with Gasteiger partial charge in [0.2, 0.25) is 0 Å². The second kappa shape index (κ2) is 6.77. The second-order valence-corrected chi connectivity index (χ2v) is 5.86. The molecule has 15 heavy (non-hydrogen) atoms. The minimum Gasteiger partial charge on any atom is -0.383 e. The fraction of sp³-hybridized carbons (Fsp3) is 1.00. The van der Waals surface area contributed by atoms with Gasteiger partial charge >= 0.3 is 0 Å². The SMILES string of the molecule is COCC(NC1CCCC1SC)C(C)C. The van der Waals surface area contributed by atoms with Gasteiger partial charge in [-0.05, 0) is 25.0 Å². The van der Waals surface area contributed by atoms with Crippen LogP contribution in [0.15, 0.2) is 0 Å². The van der Waals surface area contributed by atoms with Crippen molar-refractivity contribution in [2.75, 3.05) is 20.0 Å². The smallest absolute Gasteiger partial charge is 0.0618 e. The van der Waals surface area contributed by atoms with Crippen molar-refractivity contribution in [1.82, 2.24) is 5.32 Å². The Morgan fingerprint density at radius 2 is 2.13 bits per heavy atom. The largest absolute Gasteiger partial charge is 0.383 e. The molecule has 0 spiro atoms. The van der Waals surface area contributed by atoms with E-state index in [4.69, 9.17) is 4.74 Å². The molecule has 1 aliphatic carbocycles. The summed E-state index contributed by atoms with van der Waals surface area (Å²) in [6.45, 7) is 5.36. The zero-order valence-electron chi connectivity index (χ0n) is 10.5. The van der Waals surface area contributed by atoms with Gasteiger partial charge in [-0.1, -0.05) is 20.3 Å². The minimum atomic E-state index is 0.507. The summed E-state index contributed by atoms with van der Waals surface area (Å²) in [6, 6.07) is 1.20. The molecule has 0 heterocycles. The lowest BCUT2D eigenvalue weighted by Gasteiger charge is -2.28. The molecule has 0 bridgehead atoms. The van der Waals surface area contributed by atoms with Gasteiger partial charge in [0, 0.05) is 24.4 Å². The van der Waals surface area contributed by atoms with E-state index in [0.29, 0.717) is 18.0 Å². The summed E-state index contributed by atoms with van der Waals surface area (Å²) in [5, 5.41) is 4.58. The van der Waals surface area contributed by atoms with Crippen LogP contribution < -0.4 is 5.32 Å². The average Bonchev–Trinajstić information content (AvgIpc) is 2.64. The molecule has 1 saturated carbocycles. The van der Waals surface area contributed by atoms with Crippen molar-refractivity contribution in [2.24, 2.45) is 5.92 Å². The molecule has 1 fully saturated rings. The standard InChI is InChI=1S/C12H25NOS/c1-9(2)11(8-14-3)13-10-6-5-7-12(10)15-4/h9-13H,5-8H2,1-4H3. The highest BCUT2D eigenvalue weighted by Crippen LogP contribution is 2.29. The molecule has 1 aliphatic rings. The fourth-order valence-corrected chi connectivity index (χ4v) is 3.23. The van der Waals surface area contributed by atoms with E-state index in [1.165, 1.54) is 19.3 Å². The van der Waals surface area contributed by atoms with Gasteiger partial charge in [0.15, 0.2) is 0 Å². The molecule has 2 nitrogen and oxygen atoms in total. The first-order valence-corrected chi connectivity index (χ1v) is 7.25. The third-order valence-corrected chi connectivity index (χ3v) is 4.50. The topological polar surface area (TPSA) is 21.3 Å². The van der Waals surface area contributed by atoms with Crippen LogP contribution in [0.3, 0.4) is 0 Å². The summed E-state index contributed by atoms with van der Waals surface area (Å²) in [7, 11) is 1.79. The van der Waals surface area contributed by atoms with Crippen LogP contribution in [-0.4, -0.2) is 37.3 Å². The monoisotopic (exact) mass is 231 g/mol. The van der Waals surface area contributed by atoms with Gasteiger partial charge < -0.3 is 10.1 Å². The third-order valence-electron chi connectivity index (χ3n) is 3.33. The zero-order chi connectivity index (χ0) is 11.3.